The van der Waals surface area contributed by atoms with Crippen molar-refractivity contribution in [3.8, 4) is 0 Å². The Balaban J connectivity index is 1.77. The van der Waals surface area contributed by atoms with E-state index in [2.05, 4.69) is 5.32 Å². The minimum atomic E-state index is -0.662. The molecule has 0 aromatic heterocycles. The van der Waals surface area contributed by atoms with Crippen molar-refractivity contribution in [2.75, 3.05) is 6.54 Å². The van der Waals surface area contributed by atoms with Crippen LogP contribution >= 0.6 is 0 Å². The highest BCUT2D eigenvalue weighted by molar-refractivity contribution is 5.74. The second kappa shape index (κ2) is 3.66. The molecular formula is C10H17NO2. The molecule has 0 spiro atoms. The molecular weight excluding hydrogens is 166 g/mol. The molecule has 2 N–H and O–H groups in total. The van der Waals surface area contributed by atoms with Gasteiger partial charge in [-0.2, -0.15) is 0 Å². The van der Waals surface area contributed by atoms with Gasteiger partial charge >= 0.3 is 5.97 Å². The molecule has 0 aromatic carbocycles. The van der Waals surface area contributed by atoms with Gasteiger partial charge in [-0.1, -0.05) is 6.42 Å². The van der Waals surface area contributed by atoms with E-state index in [0.29, 0.717) is 5.92 Å². The highest BCUT2D eigenvalue weighted by Gasteiger charge is 2.33. The van der Waals surface area contributed by atoms with Crippen molar-refractivity contribution in [1.82, 2.24) is 5.32 Å². The molecule has 0 heterocycles. The lowest BCUT2D eigenvalue weighted by Crippen LogP contribution is -2.46. The zero-order valence-electron chi connectivity index (χ0n) is 7.83. The summed E-state index contributed by atoms with van der Waals surface area (Å²) in [6.45, 7) is 0.910. The highest BCUT2D eigenvalue weighted by atomic mass is 16.4. The minimum absolute atomic E-state index is 0.269. The van der Waals surface area contributed by atoms with Crippen molar-refractivity contribution in [2.24, 2.45) is 11.8 Å². The van der Waals surface area contributed by atoms with Crippen LogP contribution in [0.2, 0.25) is 0 Å². The van der Waals surface area contributed by atoms with Gasteiger partial charge in [-0.05, 0) is 44.1 Å². The van der Waals surface area contributed by atoms with E-state index in [0.717, 1.165) is 25.3 Å². The van der Waals surface area contributed by atoms with Crippen LogP contribution in [0.1, 0.15) is 32.1 Å². The fourth-order valence-electron chi connectivity index (χ4n) is 1.84. The van der Waals surface area contributed by atoms with Crippen molar-refractivity contribution < 1.29 is 9.90 Å². The summed E-state index contributed by atoms with van der Waals surface area (Å²) in [5.74, 6) is 0.503. The van der Waals surface area contributed by atoms with Crippen molar-refractivity contribution in [3.05, 3.63) is 0 Å². The monoisotopic (exact) mass is 183 g/mol. The first-order chi connectivity index (χ1) is 6.27. The third kappa shape index (κ3) is 2.21. The molecule has 3 nitrogen and oxygen atoms in total. The fraction of sp³-hybridized carbons (Fsp3) is 0.900. The Kier molecular flexibility index (Phi) is 2.54. The molecule has 0 amide bonds. The summed E-state index contributed by atoms with van der Waals surface area (Å²) < 4.78 is 0. The van der Waals surface area contributed by atoms with Gasteiger partial charge in [0, 0.05) is 0 Å². The van der Waals surface area contributed by atoms with E-state index >= 15 is 0 Å². The van der Waals surface area contributed by atoms with E-state index in [9.17, 15) is 4.79 Å². The highest BCUT2D eigenvalue weighted by Crippen LogP contribution is 2.31. The Morgan fingerprint density at radius 1 is 1.38 bits per heavy atom. The van der Waals surface area contributed by atoms with Crippen LogP contribution in [0.25, 0.3) is 0 Å². The van der Waals surface area contributed by atoms with Crippen LogP contribution in [0.15, 0.2) is 0 Å². The van der Waals surface area contributed by atoms with Gasteiger partial charge < -0.3 is 10.4 Å². The van der Waals surface area contributed by atoms with Crippen molar-refractivity contribution in [1.29, 1.82) is 0 Å². The Morgan fingerprint density at radius 2 is 2.08 bits per heavy atom. The molecule has 13 heavy (non-hydrogen) atoms. The van der Waals surface area contributed by atoms with E-state index in [1.807, 2.05) is 0 Å². The molecule has 3 heteroatoms. The zero-order chi connectivity index (χ0) is 9.26. The third-order valence-corrected chi connectivity index (χ3v) is 3.21. The molecule has 2 fully saturated rings. The van der Waals surface area contributed by atoms with Crippen LogP contribution in [-0.4, -0.2) is 23.7 Å². The van der Waals surface area contributed by atoms with Crippen LogP contribution in [0.4, 0.5) is 0 Å². The lowest BCUT2D eigenvalue weighted by atomic mass is 9.79. The molecule has 0 aliphatic heterocycles. The number of carbonyl (C=O) groups is 1. The summed E-state index contributed by atoms with van der Waals surface area (Å²) in [6.07, 6.45) is 5.96. The average molecular weight is 183 g/mol. The maximum Gasteiger partial charge on any atom is 0.320 e. The summed E-state index contributed by atoms with van der Waals surface area (Å²) >= 11 is 0. The smallest absolute Gasteiger partial charge is 0.320 e. The minimum Gasteiger partial charge on any atom is -0.480 e. The third-order valence-electron chi connectivity index (χ3n) is 3.21. The molecule has 74 valence electrons. The average Bonchev–Trinajstić information content (AvgIpc) is 2.75. The Hall–Kier alpha value is -0.570. The van der Waals surface area contributed by atoms with Crippen molar-refractivity contribution in [2.45, 2.75) is 38.1 Å². The molecule has 1 unspecified atom stereocenters. The fourth-order valence-corrected chi connectivity index (χ4v) is 1.84. The summed E-state index contributed by atoms with van der Waals surface area (Å²) in [5, 5.41) is 12.2. The van der Waals surface area contributed by atoms with Crippen LogP contribution < -0.4 is 5.32 Å². The van der Waals surface area contributed by atoms with E-state index < -0.39 is 5.97 Å². The first-order valence-corrected chi connectivity index (χ1v) is 5.23. The second-order valence-corrected chi connectivity index (χ2v) is 4.36. The standard InChI is InChI=1S/C10H17NO2/c12-10(13)9(8-2-1-3-8)11-6-7-4-5-7/h7-9,11H,1-6H2,(H,12,13). The molecule has 2 saturated carbocycles. The Labute approximate surface area is 78.5 Å². The van der Waals surface area contributed by atoms with Crippen LogP contribution in [0, 0.1) is 11.8 Å². The molecule has 1 atom stereocenters. The van der Waals surface area contributed by atoms with Crippen LogP contribution in [-0.2, 0) is 4.79 Å². The maximum atomic E-state index is 10.9. The molecule has 0 bridgehead atoms. The molecule has 2 rings (SSSR count). The number of carboxylic acids is 1. The van der Waals surface area contributed by atoms with Crippen molar-refractivity contribution in [3.63, 3.8) is 0 Å². The normalized spacial score (nSPS) is 25.2. The molecule has 0 radical (unpaired) electrons. The second-order valence-electron chi connectivity index (χ2n) is 4.36. The summed E-state index contributed by atoms with van der Waals surface area (Å²) in [6, 6.07) is -0.269. The van der Waals surface area contributed by atoms with Gasteiger partial charge in [0.25, 0.3) is 0 Å². The summed E-state index contributed by atoms with van der Waals surface area (Å²) in [4.78, 5) is 10.9. The number of hydrogen-bond donors (Lipinski definition) is 2. The molecule has 0 saturated heterocycles. The Bertz CT molecular complexity index is 197. The number of hydrogen-bond acceptors (Lipinski definition) is 2. The number of nitrogens with one attached hydrogen (secondary N) is 1. The SMILES string of the molecule is O=C(O)C(NCC1CC1)C1CCC1. The van der Waals surface area contributed by atoms with Gasteiger partial charge in [0.15, 0.2) is 0 Å². The number of carboxylic acid groups (broad SMARTS) is 1. The van der Waals surface area contributed by atoms with E-state index in [1.54, 1.807) is 0 Å². The lowest BCUT2D eigenvalue weighted by Gasteiger charge is -2.31. The molecule has 2 aliphatic rings. The number of rotatable bonds is 5. The van der Waals surface area contributed by atoms with Gasteiger partial charge in [0.05, 0.1) is 0 Å². The topological polar surface area (TPSA) is 49.3 Å². The van der Waals surface area contributed by atoms with Crippen LogP contribution in [0.5, 0.6) is 0 Å². The summed E-state index contributed by atoms with van der Waals surface area (Å²) in [5.41, 5.74) is 0. The van der Waals surface area contributed by atoms with Crippen LogP contribution in [0.3, 0.4) is 0 Å². The van der Waals surface area contributed by atoms with Crippen molar-refractivity contribution >= 4 is 5.97 Å². The van der Waals surface area contributed by atoms with E-state index in [1.165, 1.54) is 19.3 Å². The largest absolute Gasteiger partial charge is 0.480 e. The van der Waals surface area contributed by atoms with Gasteiger partial charge in [0.2, 0.25) is 0 Å². The predicted molar refractivity (Wildman–Crippen MR) is 49.5 cm³/mol. The zero-order valence-corrected chi connectivity index (χ0v) is 7.83. The maximum absolute atomic E-state index is 10.9. The quantitative estimate of drug-likeness (QED) is 0.674. The predicted octanol–water partition coefficient (Wildman–Crippen LogP) is 1.24. The van der Waals surface area contributed by atoms with Gasteiger partial charge in [-0.15, -0.1) is 0 Å². The van der Waals surface area contributed by atoms with Gasteiger partial charge in [-0.25, -0.2) is 0 Å². The van der Waals surface area contributed by atoms with E-state index in [-0.39, 0.29) is 6.04 Å². The van der Waals surface area contributed by atoms with Gasteiger partial charge in [0.1, 0.15) is 6.04 Å². The van der Waals surface area contributed by atoms with E-state index in [4.69, 9.17) is 5.11 Å². The Morgan fingerprint density at radius 3 is 2.46 bits per heavy atom. The number of aliphatic carboxylic acids is 1. The first kappa shape index (κ1) is 9.00. The summed E-state index contributed by atoms with van der Waals surface area (Å²) in [7, 11) is 0. The van der Waals surface area contributed by atoms with Gasteiger partial charge in [-0.3, -0.25) is 4.79 Å². The molecule has 2 aliphatic carbocycles. The first-order valence-electron chi connectivity index (χ1n) is 5.23. The molecule has 0 aromatic rings. The lowest BCUT2D eigenvalue weighted by molar-refractivity contribution is -0.141.